The molecule has 4 rings (SSSR count). The summed E-state index contributed by atoms with van der Waals surface area (Å²) < 4.78 is 7.26. The number of carbonyl (C=O) groups excluding carboxylic acids is 1. The van der Waals surface area contributed by atoms with Crippen LogP contribution >= 0.6 is 0 Å². The number of aromatic nitrogens is 2. The van der Waals surface area contributed by atoms with Crippen molar-refractivity contribution >= 4 is 5.91 Å². The van der Waals surface area contributed by atoms with Gasteiger partial charge in [-0.25, -0.2) is 0 Å². The molecular formula is C20H25N3O2. The van der Waals surface area contributed by atoms with Crippen molar-refractivity contribution in [3.63, 3.8) is 0 Å². The Morgan fingerprint density at radius 1 is 1.16 bits per heavy atom. The highest BCUT2D eigenvalue weighted by Crippen LogP contribution is 2.40. The number of methoxy groups -OCH3 is 1. The number of hydrogen-bond donors (Lipinski definition) is 0. The van der Waals surface area contributed by atoms with Crippen molar-refractivity contribution in [1.29, 1.82) is 0 Å². The summed E-state index contributed by atoms with van der Waals surface area (Å²) in [5.74, 6) is 1.16. The van der Waals surface area contributed by atoms with Gasteiger partial charge in [-0.05, 0) is 55.9 Å². The van der Waals surface area contributed by atoms with E-state index in [2.05, 4.69) is 14.7 Å². The Hall–Kier alpha value is -2.30. The van der Waals surface area contributed by atoms with Crippen LogP contribution in [-0.2, 0) is 11.2 Å². The van der Waals surface area contributed by atoms with E-state index in [9.17, 15) is 4.79 Å². The molecule has 0 spiro atoms. The lowest BCUT2D eigenvalue weighted by molar-refractivity contribution is -0.136. The van der Waals surface area contributed by atoms with Gasteiger partial charge < -0.3 is 9.64 Å². The van der Waals surface area contributed by atoms with Gasteiger partial charge in [-0.15, -0.1) is 0 Å². The zero-order chi connectivity index (χ0) is 17.2. The van der Waals surface area contributed by atoms with E-state index >= 15 is 0 Å². The van der Waals surface area contributed by atoms with Gasteiger partial charge in [0, 0.05) is 30.9 Å². The normalized spacial score (nSPS) is 25.2. The van der Waals surface area contributed by atoms with Crippen molar-refractivity contribution in [2.75, 3.05) is 7.11 Å². The number of benzene rings is 1. The Morgan fingerprint density at radius 2 is 1.88 bits per heavy atom. The molecule has 2 aliphatic heterocycles. The lowest BCUT2D eigenvalue weighted by Crippen LogP contribution is -2.47. The lowest BCUT2D eigenvalue weighted by Gasteiger charge is -2.39. The third-order valence-electron chi connectivity index (χ3n) is 5.68. The van der Waals surface area contributed by atoms with Crippen LogP contribution in [0.3, 0.4) is 0 Å². The van der Waals surface area contributed by atoms with E-state index in [0.29, 0.717) is 30.5 Å². The van der Waals surface area contributed by atoms with Gasteiger partial charge in [-0.1, -0.05) is 12.1 Å². The number of carbonyl (C=O) groups is 1. The lowest BCUT2D eigenvalue weighted by atomic mass is 9.96. The van der Waals surface area contributed by atoms with Crippen LogP contribution in [0.4, 0.5) is 0 Å². The number of nitrogens with zero attached hydrogens (tertiary/aromatic N) is 3. The number of amides is 1. The van der Waals surface area contributed by atoms with Crippen molar-refractivity contribution in [3.8, 4) is 5.75 Å². The minimum atomic E-state index is 0.308. The zero-order valence-corrected chi connectivity index (χ0v) is 14.7. The van der Waals surface area contributed by atoms with Gasteiger partial charge in [0.15, 0.2) is 0 Å². The summed E-state index contributed by atoms with van der Waals surface area (Å²) in [6.07, 6.45) is 9.61. The van der Waals surface area contributed by atoms with E-state index in [1.807, 2.05) is 42.7 Å². The molecule has 0 aliphatic carbocycles. The third-order valence-corrected chi connectivity index (χ3v) is 5.68. The van der Waals surface area contributed by atoms with Crippen molar-refractivity contribution < 1.29 is 9.53 Å². The summed E-state index contributed by atoms with van der Waals surface area (Å²) in [7, 11) is 1.67. The topological polar surface area (TPSA) is 47.4 Å². The molecule has 5 nitrogen and oxygen atoms in total. The third kappa shape index (κ3) is 3.28. The Balaban J connectivity index is 1.36. The molecular weight excluding hydrogens is 314 g/mol. The molecule has 132 valence electrons. The molecule has 2 fully saturated rings. The highest BCUT2D eigenvalue weighted by atomic mass is 16.5. The van der Waals surface area contributed by atoms with Gasteiger partial charge in [0.25, 0.3) is 0 Å². The van der Waals surface area contributed by atoms with Crippen LogP contribution in [0.1, 0.15) is 43.7 Å². The number of piperidine rings is 1. The Morgan fingerprint density at radius 3 is 2.48 bits per heavy atom. The molecule has 0 saturated carbocycles. The first kappa shape index (κ1) is 16.2. The summed E-state index contributed by atoms with van der Waals surface area (Å²) in [5, 5.41) is 4.40. The fourth-order valence-corrected chi connectivity index (χ4v) is 4.44. The maximum absolute atomic E-state index is 12.8. The van der Waals surface area contributed by atoms with Crippen LogP contribution in [0, 0.1) is 0 Å². The molecule has 5 heteroatoms. The van der Waals surface area contributed by atoms with Gasteiger partial charge in [0.05, 0.1) is 13.2 Å². The van der Waals surface area contributed by atoms with Gasteiger partial charge in [0.1, 0.15) is 5.75 Å². The number of aryl methyl sites for hydroxylation is 1. The Bertz CT molecular complexity index is 697. The van der Waals surface area contributed by atoms with Crippen LogP contribution in [0.15, 0.2) is 42.7 Å². The van der Waals surface area contributed by atoms with Gasteiger partial charge in [0.2, 0.25) is 5.91 Å². The van der Waals surface area contributed by atoms with E-state index < -0.39 is 0 Å². The van der Waals surface area contributed by atoms with Crippen molar-refractivity contribution in [2.45, 2.75) is 56.7 Å². The maximum atomic E-state index is 12.8. The largest absolute Gasteiger partial charge is 0.497 e. The molecule has 2 aromatic rings. The average Bonchev–Trinajstić information content (AvgIpc) is 3.27. The minimum Gasteiger partial charge on any atom is -0.497 e. The summed E-state index contributed by atoms with van der Waals surface area (Å²) in [6.45, 7) is 0. The summed E-state index contributed by atoms with van der Waals surface area (Å²) in [6, 6.07) is 11.2. The monoisotopic (exact) mass is 339 g/mol. The smallest absolute Gasteiger partial charge is 0.223 e. The quantitative estimate of drug-likeness (QED) is 0.840. The minimum absolute atomic E-state index is 0.308. The molecule has 2 aliphatic rings. The molecule has 2 atom stereocenters. The summed E-state index contributed by atoms with van der Waals surface area (Å²) in [5.41, 5.74) is 1.19. The van der Waals surface area contributed by atoms with E-state index in [-0.39, 0.29) is 0 Å². The second-order valence-corrected chi connectivity index (χ2v) is 7.15. The average molecular weight is 339 g/mol. The van der Waals surface area contributed by atoms with Crippen LogP contribution in [0.5, 0.6) is 5.75 Å². The van der Waals surface area contributed by atoms with Crippen LogP contribution in [0.25, 0.3) is 0 Å². The molecule has 2 bridgehead atoms. The fraction of sp³-hybridized carbons (Fsp3) is 0.500. The second kappa shape index (κ2) is 6.90. The highest BCUT2D eigenvalue weighted by Gasteiger charge is 2.43. The van der Waals surface area contributed by atoms with Crippen LogP contribution < -0.4 is 4.74 Å². The second-order valence-electron chi connectivity index (χ2n) is 7.15. The molecule has 2 saturated heterocycles. The van der Waals surface area contributed by atoms with Crippen LogP contribution in [-0.4, -0.2) is 39.8 Å². The molecule has 3 heterocycles. The molecule has 0 radical (unpaired) electrons. The first-order chi connectivity index (χ1) is 12.2. The SMILES string of the molecule is COc1ccc(CCC(=O)N2C3CCC2CC(n2cccn2)C3)cc1. The number of rotatable bonds is 5. The van der Waals surface area contributed by atoms with Gasteiger partial charge in [-0.2, -0.15) is 5.10 Å². The van der Waals surface area contributed by atoms with Crippen molar-refractivity contribution in [1.82, 2.24) is 14.7 Å². The zero-order valence-electron chi connectivity index (χ0n) is 14.7. The van der Waals surface area contributed by atoms with Gasteiger partial charge in [-0.3, -0.25) is 9.48 Å². The Labute approximate surface area is 148 Å². The molecule has 0 N–H and O–H groups in total. The first-order valence-electron chi connectivity index (χ1n) is 9.18. The van der Waals surface area contributed by atoms with Gasteiger partial charge >= 0.3 is 0 Å². The predicted octanol–water partition coefficient (Wildman–Crippen LogP) is 3.22. The number of hydrogen-bond acceptors (Lipinski definition) is 3. The number of ether oxygens (including phenoxy) is 1. The standard InChI is InChI=1S/C20H25N3O2/c1-25-19-8-3-15(4-9-19)5-10-20(24)23-16-6-7-17(23)14-18(13-16)22-12-2-11-21-22/h2-4,8-9,11-12,16-18H,5-7,10,13-14H2,1H3. The number of fused-ring (bicyclic) bond motifs is 2. The molecule has 1 aromatic heterocycles. The van der Waals surface area contributed by atoms with Crippen LogP contribution in [0.2, 0.25) is 0 Å². The van der Waals surface area contributed by atoms with Crippen molar-refractivity contribution in [3.05, 3.63) is 48.3 Å². The summed E-state index contributed by atoms with van der Waals surface area (Å²) in [4.78, 5) is 15.0. The maximum Gasteiger partial charge on any atom is 0.223 e. The first-order valence-corrected chi connectivity index (χ1v) is 9.18. The molecule has 25 heavy (non-hydrogen) atoms. The van der Waals surface area contributed by atoms with E-state index in [4.69, 9.17) is 4.74 Å². The molecule has 2 unspecified atom stereocenters. The summed E-state index contributed by atoms with van der Waals surface area (Å²) >= 11 is 0. The fourth-order valence-electron chi connectivity index (χ4n) is 4.44. The molecule has 1 amide bonds. The van der Waals surface area contributed by atoms with E-state index in [1.54, 1.807) is 7.11 Å². The molecule has 1 aromatic carbocycles. The van der Waals surface area contributed by atoms with Crippen molar-refractivity contribution in [2.24, 2.45) is 0 Å². The Kier molecular flexibility index (Phi) is 4.47. The van der Waals surface area contributed by atoms with E-state index in [0.717, 1.165) is 37.9 Å². The predicted molar refractivity (Wildman–Crippen MR) is 95.5 cm³/mol. The highest BCUT2D eigenvalue weighted by molar-refractivity contribution is 5.77. The van der Waals surface area contributed by atoms with E-state index in [1.165, 1.54) is 5.56 Å².